The highest BCUT2D eigenvalue weighted by Gasteiger charge is 2.27. The number of hydrogen-bond acceptors (Lipinski definition) is 4. The van der Waals surface area contributed by atoms with Gasteiger partial charge in [0.05, 0.1) is 20.8 Å². The Morgan fingerprint density at radius 1 is 1.26 bits per heavy atom. The second-order valence-electron chi connectivity index (χ2n) is 4.19. The predicted octanol–water partition coefficient (Wildman–Crippen LogP) is -0.139. The van der Waals surface area contributed by atoms with Gasteiger partial charge in [-0.05, 0) is 6.07 Å². The fourth-order valence-corrected chi connectivity index (χ4v) is 2.08. The Kier molecular flexibility index (Phi) is 3.89. The van der Waals surface area contributed by atoms with E-state index in [0.29, 0.717) is 17.9 Å². The normalized spacial score (nSPS) is 18.5. The first-order valence-electron chi connectivity index (χ1n) is 5.92. The largest absolute Gasteiger partial charge is 0.493 e. The minimum absolute atomic E-state index is 0.0323. The molecule has 0 radical (unpaired) electrons. The topological polar surface area (TPSA) is 76.7 Å². The number of nitrogens with one attached hydrogen (secondary N) is 2. The summed E-state index contributed by atoms with van der Waals surface area (Å²) in [6.45, 7) is 0.0323. The van der Waals surface area contributed by atoms with Crippen molar-refractivity contribution in [2.24, 2.45) is 0 Å². The van der Waals surface area contributed by atoms with Crippen molar-refractivity contribution in [3.63, 3.8) is 0 Å². The SMILES string of the molecule is COc1cccc(CC2NC(=O)CNC2=O)c1OC. The average Bonchev–Trinajstić information content (AvgIpc) is 2.42. The van der Waals surface area contributed by atoms with E-state index >= 15 is 0 Å². The summed E-state index contributed by atoms with van der Waals surface area (Å²) >= 11 is 0. The van der Waals surface area contributed by atoms with Gasteiger partial charge >= 0.3 is 0 Å². The van der Waals surface area contributed by atoms with Crippen LogP contribution in [0.5, 0.6) is 11.5 Å². The first-order valence-corrected chi connectivity index (χ1v) is 5.92. The number of rotatable bonds is 4. The average molecular weight is 264 g/mol. The second kappa shape index (κ2) is 5.60. The van der Waals surface area contributed by atoms with Gasteiger partial charge in [0.2, 0.25) is 11.8 Å². The van der Waals surface area contributed by atoms with Crippen LogP contribution in [0.4, 0.5) is 0 Å². The fourth-order valence-electron chi connectivity index (χ4n) is 2.08. The Morgan fingerprint density at radius 2 is 2.05 bits per heavy atom. The van der Waals surface area contributed by atoms with Gasteiger partial charge in [0.25, 0.3) is 0 Å². The highest BCUT2D eigenvalue weighted by molar-refractivity contribution is 5.94. The second-order valence-corrected chi connectivity index (χ2v) is 4.19. The number of carbonyl (C=O) groups excluding carboxylic acids is 2. The summed E-state index contributed by atoms with van der Waals surface area (Å²) in [6.07, 6.45) is 0.359. The van der Waals surface area contributed by atoms with Crippen LogP contribution < -0.4 is 20.1 Å². The number of piperazine rings is 1. The van der Waals surface area contributed by atoms with E-state index in [1.165, 1.54) is 0 Å². The van der Waals surface area contributed by atoms with Crippen molar-refractivity contribution in [2.45, 2.75) is 12.5 Å². The van der Waals surface area contributed by atoms with Crippen LogP contribution in [-0.2, 0) is 16.0 Å². The van der Waals surface area contributed by atoms with Gasteiger partial charge in [-0.1, -0.05) is 12.1 Å². The van der Waals surface area contributed by atoms with Crippen LogP contribution in [0.2, 0.25) is 0 Å². The van der Waals surface area contributed by atoms with Crippen molar-refractivity contribution in [1.82, 2.24) is 10.6 Å². The highest BCUT2D eigenvalue weighted by atomic mass is 16.5. The molecular formula is C13H16N2O4. The maximum absolute atomic E-state index is 11.7. The van der Waals surface area contributed by atoms with Crippen molar-refractivity contribution in [1.29, 1.82) is 0 Å². The molecule has 2 N–H and O–H groups in total. The van der Waals surface area contributed by atoms with Gasteiger partial charge in [0, 0.05) is 12.0 Å². The van der Waals surface area contributed by atoms with Crippen LogP contribution in [0.25, 0.3) is 0 Å². The summed E-state index contributed by atoms with van der Waals surface area (Å²) in [5.74, 6) is 0.802. The number of hydrogen-bond donors (Lipinski definition) is 2. The Balaban J connectivity index is 2.22. The number of methoxy groups -OCH3 is 2. The molecule has 1 atom stereocenters. The zero-order valence-corrected chi connectivity index (χ0v) is 10.9. The van der Waals surface area contributed by atoms with E-state index in [4.69, 9.17) is 9.47 Å². The lowest BCUT2D eigenvalue weighted by atomic mass is 10.0. The Morgan fingerprint density at radius 3 is 2.74 bits per heavy atom. The molecule has 0 aliphatic carbocycles. The lowest BCUT2D eigenvalue weighted by Gasteiger charge is -2.24. The lowest BCUT2D eigenvalue weighted by Crippen LogP contribution is -2.56. The predicted molar refractivity (Wildman–Crippen MR) is 68.2 cm³/mol. The Hall–Kier alpha value is -2.24. The van der Waals surface area contributed by atoms with Crippen LogP contribution in [-0.4, -0.2) is 38.6 Å². The number of carbonyl (C=O) groups is 2. The zero-order chi connectivity index (χ0) is 13.8. The zero-order valence-electron chi connectivity index (χ0n) is 10.9. The third kappa shape index (κ3) is 2.78. The Labute approximate surface area is 111 Å². The fraction of sp³-hybridized carbons (Fsp3) is 0.385. The molecule has 0 bridgehead atoms. The third-order valence-corrected chi connectivity index (χ3v) is 2.98. The first kappa shape index (κ1) is 13.2. The summed E-state index contributed by atoms with van der Waals surface area (Å²) in [4.78, 5) is 23.0. The maximum Gasteiger partial charge on any atom is 0.243 e. The molecule has 2 amide bonds. The molecule has 1 saturated heterocycles. The molecule has 1 aliphatic rings. The lowest BCUT2D eigenvalue weighted by molar-refractivity contribution is -0.133. The molecule has 0 aromatic heterocycles. The van der Waals surface area contributed by atoms with Crippen molar-refractivity contribution in [3.05, 3.63) is 23.8 Å². The van der Waals surface area contributed by atoms with Gasteiger partial charge in [-0.25, -0.2) is 0 Å². The molecule has 2 rings (SSSR count). The van der Waals surface area contributed by atoms with Crippen LogP contribution in [0.3, 0.4) is 0 Å². The highest BCUT2D eigenvalue weighted by Crippen LogP contribution is 2.31. The summed E-state index contributed by atoms with van der Waals surface area (Å²) in [7, 11) is 3.09. The molecule has 6 heteroatoms. The molecule has 1 heterocycles. The number of benzene rings is 1. The smallest absolute Gasteiger partial charge is 0.243 e. The van der Waals surface area contributed by atoms with Gasteiger partial charge in [-0.2, -0.15) is 0 Å². The number of ether oxygens (including phenoxy) is 2. The van der Waals surface area contributed by atoms with Gasteiger partial charge < -0.3 is 20.1 Å². The van der Waals surface area contributed by atoms with Crippen molar-refractivity contribution in [3.8, 4) is 11.5 Å². The summed E-state index contributed by atoms with van der Waals surface area (Å²) in [5.41, 5.74) is 0.809. The van der Waals surface area contributed by atoms with Crippen molar-refractivity contribution < 1.29 is 19.1 Å². The van der Waals surface area contributed by atoms with Gasteiger partial charge in [-0.3, -0.25) is 9.59 Å². The van der Waals surface area contributed by atoms with Crippen LogP contribution in [0.1, 0.15) is 5.56 Å². The van der Waals surface area contributed by atoms with Gasteiger partial charge in [-0.15, -0.1) is 0 Å². The van der Waals surface area contributed by atoms with Crippen molar-refractivity contribution in [2.75, 3.05) is 20.8 Å². The molecule has 6 nitrogen and oxygen atoms in total. The molecule has 1 aliphatic heterocycles. The third-order valence-electron chi connectivity index (χ3n) is 2.98. The molecule has 19 heavy (non-hydrogen) atoms. The number of amides is 2. The monoisotopic (exact) mass is 264 g/mol. The van der Waals surface area contributed by atoms with Crippen LogP contribution in [0, 0.1) is 0 Å². The molecule has 1 aromatic carbocycles. The van der Waals surface area contributed by atoms with E-state index in [1.807, 2.05) is 12.1 Å². The summed E-state index contributed by atoms with van der Waals surface area (Å²) in [6, 6.07) is 4.86. The number of para-hydroxylation sites is 1. The molecule has 1 fully saturated rings. The van der Waals surface area contributed by atoms with E-state index in [1.54, 1.807) is 20.3 Å². The molecular weight excluding hydrogens is 248 g/mol. The van der Waals surface area contributed by atoms with E-state index < -0.39 is 6.04 Å². The maximum atomic E-state index is 11.7. The standard InChI is InChI=1S/C13H16N2O4/c1-18-10-5-3-4-8(12(10)19-2)6-9-13(17)14-7-11(16)15-9/h3-5,9H,6-7H2,1-2H3,(H,14,17)(H,15,16). The van der Waals surface area contributed by atoms with Crippen LogP contribution in [0.15, 0.2) is 18.2 Å². The van der Waals surface area contributed by atoms with Crippen molar-refractivity contribution >= 4 is 11.8 Å². The first-order chi connectivity index (χ1) is 9.15. The van der Waals surface area contributed by atoms with Gasteiger partial charge in [0.1, 0.15) is 6.04 Å². The molecule has 1 aromatic rings. The molecule has 0 spiro atoms. The van der Waals surface area contributed by atoms with Gasteiger partial charge in [0.15, 0.2) is 11.5 Å². The van der Waals surface area contributed by atoms with E-state index in [-0.39, 0.29) is 18.4 Å². The van der Waals surface area contributed by atoms with E-state index in [0.717, 1.165) is 5.56 Å². The minimum Gasteiger partial charge on any atom is -0.493 e. The summed E-state index contributed by atoms with van der Waals surface area (Å²) in [5, 5.41) is 5.20. The summed E-state index contributed by atoms with van der Waals surface area (Å²) < 4.78 is 10.5. The molecule has 0 saturated carbocycles. The van der Waals surface area contributed by atoms with Crippen LogP contribution >= 0.6 is 0 Å². The van der Waals surface area contributed by atoms with E-state index in [2.05, 4.69) is 10.6 Å². The molecule has 1 unspecified atom stereocenters. The van der Waals surface area contributed by atoms with E-state index in [9.17, 15) is 9.59 Å². The Bertz CT molecular complexity index is 501. The quantitative estimate of drug-likeness (QED) is 0.793. The minimum atomic E-state index is -0.581. The molecule has 102 valence electrons.